The molecule has 0 amide bonds. The first-order valence-corrected chi connectivity index (χ1v) is 7.64. The summed E-state index contributed by atoms with van der Waals surface area (Å²) < 4.78 is 35.1. The summed E-state index contributed by atoms with van der Waals surface area (Å²) in [5, 5.41) is 0. The predicted octanol–water partition coefficient (Wildman–Crippen LogP) is 5.58. The molecule has 0 bridgehead atoms. The number of rotatable bonds is 9. The van der Waals surface area contributed by atoms with Crippen LogP contribution in [0.15, 0.2) is 24.3 Å². The van der Waals surface area contributed by atoms with Crippen molar-refractivity contribution in [2.45, 2.75) is 65.8 Å². The molecule has 0 heterocycles. The lowest BCUT2D eigenvalue weighted by molar-refractivity contribution is -0.0508. The van der Waals surface area contributed by atoms with Gasteiger partial charge in [-0.25, -0.2) is 0 Å². The van der Waals surface area contributed by atoms with Crippen molar-refractivity contribution in [3.05, 3.63) is 29.8 Å². The predicted molar refractivity (Wildman–Crippen MR) is 80.7 cm³/mol. The number of hydrogen-bond acceptors (Lipinski definition) is 2. The lowest BCUT2D eigenvalue weighted by Crippen LogP contribution is -2.21. The molecule has 0 saturated heterocycles. The molecule has 1 aromatic rings. The van der Waals surface area contributed by atoms with Gasteiger partial charge in [0.25, 0.3) is 0 Å². The molecule has 1 aromatic carbocycles. The molecule has 0 saturated carbocycles. The van der Waals surface area contributed by atoms with E-state index >= 15 is 0 Å². The molecule has 21 heavy (non-hydrogen) atoms. The van der Waals surface area contributed by atoms with Gasteiger partial charge >= 0.3 is 6.61 Å². The minimum absolute atomic E-state index is 0.143. The van der Waals surface area contributed by atoms with Crippen LogP contribution in [0.1, 0.15) is 58.6 Å². The summed E-state index contributed by atoms with van der Waals surface area (Å²) in [4.78, 5) is 0. The molecule has 2 nitrogen and oxygen atoms in total. The van der Waals surface area contributed by atoms with E-state index in [2.05, 4.69) is 25.5 Å². The highest BCUT2D eigenvalue weighted by atomic mass is 19.3. The standard InChI is InChI=1S/C17H26F2O2/c1-5-6-10-16(12(2)3)20-13(4)14-8-7-9-15(11-14)21-17(18)19/h7-9,11-13,16-17H,5-6,10H2,1-4H3/t13-,16+/m1/s1. The fourth-order valence-corrected chi connectivity index (χ4v) is 2.25. The maximum Gasteiger partial charge on any atom is 0.387 e. The Bertz CT molecular complexity index is 408. The zero-order valence-electron chi connectivity index (χ0n) is 13.3. The first-order valence-electron chi connectivity index (χ1n) is 7.64. The average molecular weight is 300 g/mol. The smallest absolute Gasteiger partial charge is 0.387 e. The maximum absolute atomic E-state index is 12.3. The van der Waals surface area contributed by atoms with E-state index in [-0.39, 0.29) is 18.0 Å². The Morgan fingerprint density at radius 2 is 1.86 bits per heavy atom. The second-order valence-corrected chi connectivity index (χ2v) is 5.65. The van der Waals surface area contributed by atoms with Crippen molar-refractivity contribution in [1.82, 2.24) is 0 Å². The van der Waals surface area contributed by atoms with Crippen molar-refractivity contribution >= 4 is 0 Å². The second kappa shape index (κ2) is 8.98. The zero-order valence-corrected chi connectivity index (χ0v) is 13.3. The number of halogens is 2. The van der Waals surface area contributed by atoms with E-state index in [4.69, 9.17) is 4.74 Å². The summed E-state index contributed by atoms with van der Waals surface area (Å²) in [6.45, 7) is 5.59. The third-order valence-corrected chi connectivity index (χ3v) is 3.52. The first kappa shape index (κ1) is 17.9. The van der Waals surface area contributed by atoms with Crippen molar-refractivity contribution in [3.63, 3.8) is 0 Å². The summed E-state index contributed by atoms with van der Waals surface area (Å²) in [6, 6.07) is 6.73. The Kier molecular flexibility index (Phi) is 7.65. The maximum atomic E-state index is 12.3. The van der Waals surface area contributed by atoms with Gasteiger partial charge in [-0.15, -0.1) is 0 Å². The van der Waals surface area contributed by atoms with Crippen LogP contribution in [-0.4, -0.2) is 12.7 Å². The number of hydrogen-bond donors (Lipinski definition) is 0. The van der Waals surface area contributed by atoms with Crippen molar-refractivity contribution < 1.29 is 18.3 Å². The van der Waals surface area contributed by atoms with E-state index < -0.39 is 6.61 Å². The van der Waals surface area contributed by atoms with Crippen LogP contribution >= 0.6 is 0 Å². The van der Waals surface area contributed by atoms with E-state index in [0.717, 1.165) is 24.8 Å². The van der Waals surface area contributed by atoms with Gasteiger partial charge in [-0.3, -0.25) is 0 Å². The molecule has 0 radical (unpaired) electrons. The van der Waals surface area contributed by atoms with Crippen LogP contribution in [0.25, 0.3) is 0 Å². The highest BCUT2D eigenvalue weighted by Crippen LogP contribution is 2.27. The molecule has 2 atom stereocenters. The molecule has 0 aliphatic carbocycles. The molecule has 0 fully saturated rings. The van der Waals surface area contributed by atoms with E-state index in [1.54, 1.807) is 12.1 Å². The Balaban J connectivity index is 2.70. The fourth-order valence-electron chi connectivity index (χ4n) is 2.25. The van der Waals surface area contributed by atoms with Crippen molar-refractivity contribution in [2.75, 3.05) is 0 Å². The van der Waals surface area contributed by atoms with Gasteiger partial charge in [0.05, 0.1) is 12.2 Å². The Morgan fingerprint density at radius 3 is 2.43 bits per heavy atom. The van der Waals surface area contributed by atoms with Crippen molar-refractivity contribution in [1.29, 1.82) is 0 Å². The van der Waals surface area contributed by atoms with Gasteiger partial charge < -0.3 is 9.47 Å². The fraction of sp³-hybridized carbons (Fsp3) is 0.647. The largest absolute Gasteiger partial charge is 0.435 e. The molecular formula is C17H26F2O2. The van der Waals surface area contributed by atoms with Crippen LogP contribution in [-0.2, 0) is 4.74 Å². The average Bonchev–Trinajstić information content (AvgIpc) is 2.42. The highest BCUT2D eigenvalue weighted by molar-refractivity contribution is 5.29. The van der Waals surface area contributed by atoms with E-state index in [0.29, 0.717) is 5.92 Å². The van der Waals surface area contributed by atoms with Crippen LogP contribution in [0.3, 0.4) is 0 Å². The van der Waals surface area contributed by atoms with Gasteiger partial charge in [0, 0.05) is 0 Å². The van der Waals surface area contributed by atoms with Gasteiger partial charge in [0.2, 0.25) is 0 Å². The summed E-state index contributed by atoms with van der Waals surface area (Å²) in [5.74, 6) is 0.604. The summed E-state index contributed by atoms with van der Waals surface area (Å²) in [6.07, 6.45) is 3.32. The van der Waals surface area contributed by atoms with E-state index in [1.807, 2.05) is 13.0 Å². The molecule has 0 aliphatic rings. The van der Waals surface area contributed by atoms with Crippen LogP contribution in [0.5, 0.6) is 5.75 Å². The number of alkyl halides is 2. The molecule has 1 rings (SSSR count). The van der Waals surface area contributed by atoms with Gasteiger partial charge in [-0.05, 0) is 37.0 Å². The van der Waals surface area contributed by atoms with E-state index in [9.17, 15) is 8.78 Å². The van der Waals surface area contributed by atoms with Crippen LogP contribution in [0, 0.1) is 5.92 Å². The van der Waals surface area contributed by atoms with Crippen LogP contribution < -0.4 is 4.74 Å². The lowest BCUT2D eigenvalue weighted by Gasteiger charge is -2.26. The summed E-state index contributed by atoms with van der Waals surface area (Å²) in [7, 11) is 0. The monoisotopic (exact) mass is 300 g/mol. The topological polar surface area (TPSA) is 18.5 Å². The molecule has 0 spiro atoms. The SMILES string of the molecule is CCCC[C@H](O[C@H](C)c1cccc(OC(F)F)c1)C(C)C. The third-order valence-electron chi connectivity index (χ3n) is 3.52. The minimum atomic E-state index is -2.80. The van der Waals surface area contributed by atoms with Crippen LogP contribution in [0.2, 0.25) is 0 Å². The van der Waals surface area contributed by atoms with Gasteiger partial charge in [-0.1, -0.05) is 45.7 Å². The lowest BCUT2D eigenvalue weighted by atomic mass is 10.0. The Labute approximate surface area is 126 Å². The quantitative estimate of drug-likeness (QED) is 0.592. The molecule has 0 unspecified atom stereocenters. The zero-order chi connectivity index (χ0) is 15.8. The second-order valence-electron chi connectivity index (χ2n) is 5.65. The molecule has 4 heteroatoms. The normalized spacial score (nSPS) is 14.5. The van der Waals surface area contributed by atoms with Crippen LogP contribution in [0.4, 0.5) is 8.78 Å². The van der Waals surface area contributed by atoms with Gasteiger partial charge in [-0.2, -0.15) is 8.78 Å². The first-order chi connectivity index (χ1) is 9.93. The summed E-state index contributed by atoms with van der Waals surface area (Å²) >= 11 is 0. The molecular weight excluding hydrogens is 274 g/mol. The number of unbranched alkanes of at least 4 members (excludes halogenated alkanes) is 1. The van der Waals surface area contributed by atoms with Gasteiger partial charge in [0.1, 0.15) is 5.75 Å². The molecule has 0 aromatic heterocycles. The van der Waals surface area contributed by atoms with Gasteiger partial charge in [0.15, 0.2) is 0 Å². The van der Waals surface area contributed by atoms with Crippen molar-refractivity contribution in [2.24, 2.45) is 5.92 Å². The summed E-state index contributed by atoms with van der Waals surface area (Å²) in [5.41, 5.74) is 0.857. The Hall–Kier alpha value is -1.16. The molecule has 0 N–H and O–H groups in total. The highest BCUT2D eigenvalue weighted by Gasteiger charge is 2.18. The third kappa shape index (κ3) is 6.42. The molecule has 120 valence electrons. The Morgan fingerprint density at radius 1 is 1.14 bits per heavy atom. The van der Waals surface area contributed by atoms with Crippen molar-refractivity contribution in [3.8, 4) is 5.75 Å². The number of benzene rings is 1. The number of ether oxygens (including phenoxy) is 2. The van der Waals surface area contributed by atoms with E-state index in [1.165, 1.54) is 6.07 Å². The minimum Gasteiger partial charge on any atom is -0.435 e. The molecule has 0 aliphatic heterocycles.